The van der Waals surface area contributed by atoms with Crippen molar-refractivity contribution in [3.8, 4) is 11.5 Å². The molecule has 1 N–H and O–H groups in total. The van der Waals surface area contributed by atoms with E-state index >= 15 is 0 Å². The summed E-state index contributed by atoms with van der Waals surface area (Å²) in [5.74, 6) is 0.707. The van der Waals surface area contributed by atoms with E-state index in [1.54, 1.807) is 25.3 Å². The van der Waals surface area contributed by atoms with Crippen molar-refractivity contribution in [3.63, 3.8) is 0 Å². The van der Waals surface area contributed by atoms with Gasteiger partial charge in [0.15, 0.2) is 17.3 Å². The summed E-state index contributed by atoms with van der Waals surface area (Å²) in [6.45, 7) is 0.280. The summed E-state index contributed by atoms with van der Waals surface area (Å²) in [6.07, 6.45) is 1.50. The lowest BCUT2D eigenvalue weighted by atomic mass is 10.2. The molecule has 1 heterocycles. The maximum absolute atomic E-state index is 12.5. The third-order valence-corrected chi connectivity index (χ3v) is 6.73. The third kappa shape index (κ3) is 5.66. The van der Waals surface area contributed by atoms with Crippen LogP contribution in [0.1, 0.15) is 21.7 Å². The number of methoxy groups -OCH3 is 1. The van der Waals surface area contributed by atoms with Gasteiger partial charge in [-0.2, -0.15) is 5.10 Å². The van der Waals surface area contributed by atoms with Crippen LogP contribution in [0.2, 0.25) is 5.02 Å². The molecule has 0 saturated heterocycles. The summed E-state index contributed by atoms with van der Waals surface area (Å²) in [7, 11) is 1.55. The van der Waals surface area contributed by atoms with Gasteiger partial charge in [-0.3, -0.25) is 4.79 Å². The Bertz CT molecular complexity index is 1400. The predicted molar refractivity (Wildman–Crippen MR) is 143 cm³/mol. The highest BCUT2D eigenvalue weighted by Crippen LogP contribution is 2.37. The standard InChI is InChI=1S/C24H16Br3ClN2O4/c1-32-20-7-13(6-17(26)23(20)33-12-14-4-2-3-5-19(14)28)11-29-30-24(31)21-9-15-8-16(25)10-18(27)22(15)34-21/h2-11H,12H2,1H3,(H,30,31)/b29-11+. The molecule has 0 radical (unpaired) electrons. The summed E-state index contributed by atoms with van der Waals surface area (Å²) < 4.78 is 19.4. The summed E-state index contributed by atoms with van der Waals surface area (Å²) in [5.41, 5.74) is 4.60. The highest BCUT2D eigenvalue weighted by Gasteiger charge is 2.15. The lowest BCUT2D eigenvalue weighted by Gasteiger charge is -2.14. The molecule has 174 valence electrons. The van der Waals surface area contributed by atoms with Crippen molar-refractivity contribution < 1.29 is 18.7 Å². The van der Waals surface area contributed by atoms with Crippen LogP contribution in [0.3, 0.4) is 0 Å². The molecule has 4 rings (SSSR count). The first-order valence-corrected chi connectivity index (χ1v) is 12.6. The Hall–Kier alpha value is -2.33. The number of nitrogens with one attached hydrogen (secondary N) is 1. The first-order valence-electron chi connectivity index (χ1n) is 9.81. The molecular weight excluding hydrogens is 655 g/mol. The van der Waals surface area contributed by atoms with Crippen molar-refractivity contribution in [2.75, 3.05) is 7.11 Å². The minimum atomic E-state index is -0.471. The van der Waals surface area contributed by atoms with Crippen LogP contribution < -0.4 is 14.9 Å². The fourth-order valence-corrected chi connectivity index (χ4v) is 5.23. The van der Waals surface area contributed by atoms with Gasteiger partial charge in [-0.05, 0) is 73.8 Å². The molecule has 0 saturated carbocycles. The van der Waals surface area contributed by atoms with Crippen molar-refractivity contribution in [2.24, 2.45) is 5.10 Å². The molecular formula is C24H16Br3ClN2O4. The quantitative estimate of drug-likeness (QED) is 0.161. The van der Waals surface area contributed by atoms with Gasteiger partial charge >= 0.3 is 5.91 Å². The summed E-state index contributed by atoms with van der Waals surface area (Å²) >= 11 is 16.6. The molecule has 0 aliphatic heterocycles. The molecule has 10 heteroatoms. The Morgan fingerprint density at radius 2 is 1.91 bits per heavy atom. The van der Waals surface area contributed by atoms with Crippen LogP contribution in [-0.4, -0.2) is 19.2 Å². The molecule has 0 aliphatic carbocycles. The predicted octanol–water partition coefficient (Wildman–Crippen LogP) is 7.73. The van der Waals surface area contributed by atoms with Gasteiger partial charge in [0.05, 0.1) is 22.3 Å². The number of carbonyl (C=O) groups is 1. The van der Waals surface area contributed by atoms with Gasteiger partial charge in [0.2, 0.25) is 0 Å². The Kier molecular flexibility index (Phi) is 7.98. The van der Waals surface area contributed by atoms with Crippen molar-refractivity contribution in [2.45, 2.75) is 6.61 Å². The van der Waals surface area contributed by atoms with E-state index in [9.17, 15) is 4.79 Å². The van der Waals surface area contributed by atoms with E-state index in [4.69, 9.17) is 25.5 Å². The van der Waals surface area contributed by atoms with Gasteiger partial charge in [-0.1, -0.05) is 45.7 Å². The van der Waals surface area contributed by atoms with E-state index in [-0.39, 0.29) is 12.4 Å². The molecule has 3 aromatic carbocycles. The highest BCUT2D eigenvalue weighted by atomic mass is 79.9. The summed E-state index contributed by atoms with van der Waals surface area (Å²) in [6, 6.07) is 16.4. The molecule has 0 unspecified atom stereocenters. The molecule has 34 heavy (non-hydrogen) atoms. The number of carbonyl (C=O) groups excluding carboxylic acids is 1. The Balaban J connectivity index is 1.46. The monoisotopic (exact) mass is 668 g/mol. The molecule has 4 aromatic rings. The van der Waals surface area contributed by atoms with E-state index in [0.29, 0.717) is 32.1 Å². The first kappa shape index (κ1) is 24.8. The van der Waals surface area contributed by atoms with Gasteiger partial charge in [0, 0.05) is 20.4 Å². The maximum Gasteiger partial charge on any atom is 0.307 e. The number of halogens is 4. The van der Waals surface area contributed by atoms with Gasteiger partial charge < -0.3 is 13.9 Å². The zero-order chi connectivity index (χ0) is 24.2. The average Bonchev–Trinajstić information content (AvgIpc) is 3.23. The number of furan rings is 1. The summed E-state index contributed by atoms with van der Waals surface area (Å²) in [5, 5.41) is 5.45. The SMILES string of the molecule is COc1cc(/C=N/NC(=O)c2cc3cc(Br)cc(Br)c3o2)cc(Br)c1OCc1ccccc1Cl. The second kappa shape index (κ2) is 10.9. The van der Waals surface area contributed by atoms with Crippen LogP contribution in [0.4, 0.5) is 0 Å². The lowest BCUT2D eigenvalue weighted by Crippen LogP contribution is -2.16. The number of amides is 1. The van der Waals surface area contributed by atoms with Crippen LogP contribution >= 0.6 is 59.4 Å². The average molecular weight is 672 g/mol. The first-order chi connectivity index (χ1) is 16.4. The van der Waals surface area contributed by atoms with Crippen molar-refractivity contribution in [1.82, 2.24) is 5.43 Å². The Labute approximate surface area is 225 Å². The van der Waals surface area contributed by atoms with Crippen LogP contribution in [0, 0.1) is 0 Å². The highest BCUT2D eigenvalue weighted by molar-refractivity contribution is 9.11. The van der Waals surface area contributed by atoms with Crippen LogP contribution in [0.15, 0.2) is 77.5 Å². The number of hydrogen-bond acceptors (Lipinski definition) is 5. The Morgan fingerprint density at radius 1 is 1.12 bits per heavy atom. The number of nitrogens with zero attached hydrogens (tertiary/aromatic N) is 1. The molecule has 1 aromatic heterocycles. The second-order valence-electron chi connectivity index (χ2n) is 7.03. The molecule has 6 nitrogen and oxygen atoms in total. The number of hydrazone groups is 1. The number of rotatable bonds is 7. The van der Waals surface area contributed by atoms with Crippen molar-refractivity contribution in [3.05, 3.63) is 89.9 Å². The fourth-order valence-electron chi connectivity index (χ4n) is 3.13. The second-order valence-corrected chi connectivity index (χ2v) is 10.1. The van der Waals surface area contributed by atoms with E-state index < -0.39 is 5.91 Å². The van der Waals surface area contributed by atoms with E-state index in [2.05, 4.69) is 58.3 Å². The van der Waals surface area contributed by atoms with Gasteiger partial charge in [-0.15, -0.1) is 0 Å². The van der Waals surface area contributed by atoms with Gasteiger partial charge in [0.1, 0.15) is 12.2 Å². The van der Waals surface area contributed by atoms with Gasteiger partial charge in [-0.25, -0.2) is 5.43 Å². The number of benzene rings is 3. The normalized spacial score (nSPS) is 11.2. The third-order valence-electron chi connectivity index (χ3n) is 4.72. The number of fused-ring (bicyclic) bond motifs is 1. The fraction of sp³-hybridized carbons (Fsp3) is 0.0833. The minimum absolute atomic E-state index is 0.146. The molecule has 1 amide bonds. The van der Waals surface area contributed by atoms with Crippen LogP contribution in [-0.2, 0) is 6.61 Å². The van der Waals surface area contributed by atoms with Crippen LogP contribution in [0.5, 0.6) is 11.5 Å². The topological polar surface area (TPSA) is 73.1 Å². The Morgan fingerprint density at radius 3 is 2.68 bits per heavy atom. The zero-order valence-corrected chi connectivity index (χ0v) is 23.1. The van der Waals surface area contributed by atoms with Crippen molar-refractivity contribution in [1.29, 1.82) is 0 Å². The molecule has 0 atom stereocenters. The van der Waals surface area contributed by atoms with Crippen molar-refractivity contribution >= 4 is 82.5 Å². The van der Waals surface area contributed by atoms with Crippen LogP contribution in [0.25, 0.3) is 11.0 Å². The van der Waals surface area contributed by atoms with E-state index in [1.165, 1.54) is 6.21 Å². The lowest BCUT2D eigenvalue weighted by molar-refractivity contribution is 0.0929. The zero-order valence-electron chi connectivity index (χ0n) is 17.6. The maximum atomic E-state index is 12.5. The smallest absolute Gasteiger partial charge is 0.307 e. The molecule has 0 fully saturated rings. The molecule has 0 bridgehead atoms. The van der Waals surface area contributed by atoms with E-state index in [1.807, 2.05) is 36.4 Å². The summed E-state index contributed by atoms with van der Waals surface area (Å²) in [4.78, 5) is 12.5. The van der Waals surface area contributed by atoms with Gasteiger partial charge in [0.25, 0.3) is 0 Å². The number of hydrogen-bond donors (Lipinski definition) is 1. The minimum Gasteiger partial charge on any atom is -0.493 e. The molecule has 0 spiro atoms. The number of ether oxygens (including phenoxy) is 2. The largest absolute Gasteiger partial charge is 0.493 e. The molecule has 0 aliphatic rings. The van der Waals surface area contributed by atoms with E-state index in [0.717, 1.165) is 19.9 Å².